The highest BCUT2D eigenvalue weighted by Crippen LogP contribution is 2.39. The number of benzene rings is 3. The molecule has 7 nitrogen and oxygen atoms in total. The van der Waals surface area contributed by atoms with Gasteiger partial charge in [0.2, 0.25) is 0 Å². The summed E-state index contributed by atoms with van der Waals surface area (Å²) in [5.74, 6) is 1.27. The average molecular weight is 522 g/mol. The van der Waals surface area contributed by atoms with Crippen LogP contribution in [0.2, 0.25) is 0 Å². The van der Waals surface area contributed by atoms with Gasteiger partial charge in [0.25, 0.3) is 0 Å². The number of nitrogens with one attached hydrogen (secondary N) is 1. The summed E-state index contributed by atoms with van der Waals surface area (Å²) in [7, 11) is 0. The summed E-state index contributed by atoms with van der Waals surface area (Å²) in [5.41, 5.74) is 5.04. The Hall–Kier alpha value is -4.85. The van der Waals surface area contributed by atoms with E-state index in [0.717, 1.165) is 39.8 Å². The number of carbonyl (C=O) groups is 1. The molecule has 2 aromatic heterocycles. The second-order valence-electron chi connectivity index (χ2n) is 9.41. The molecule has 0 spiro atoms. The Kier molecular flexibility index (Phi) is 6.36. The number of hydrogen-bond donors (Lipinski definition) is 1. The van der Waals surface area contributed by atoms with Gasteiger partial charge in [0.1, 0.15) is 17.4 Å². The summed E-state index contributed by atoms with van der Waals surface area (Å²) in [6.07, 6.45) is 2.01. The van der Waals surface area contributed by atoms with Crippen LogP contribution >= 0.6 is 0 Å². The second-order valence-corrected chi connectivity index (χ2v) is 9.41. The molecule has 1 N–H and O–H groups in total. The standard InChI is InChI=1S/C31H28FN5O2/c1-3-39-26-12-7-9-22(19-26)29-28-13-8-18-35(28)30-27(21(2)34-37(30)25-10-5-4-6-11-25)20-36(29)31(38)33-24-16-14-23(32)15-17-24/h4-19,29H,3,20H2,1-2H3,(H,33,38)/t29-/m0/s1. The number of aromatic nitrogens is 3. The van der Waals surface area contributed by atoms with E-state index in [9.17, 15) is 9.18 Å². The van der Waals surface area contributed by atoms with Crippen molar-refractivity contribution in [3.05, 3.63) is 126 Å². The number of carbonyl (C=O) groups excluding carboxylic acids is 1. The van der Waals surface area contributed by atoms with E-state index >= 15 is 0 Å². The van der Waals surface area contributed by atoms with Crippen LogP contribution in [0.1, 0.15) is 35.5 Å². The quantitative estimate of drug-likeness (QED) is 0.282. The fourth-order valence-corrected chi connectivity index (χ4v) is 5.17. The fourth-order valence-electron chi connectivity index (χ4n) is 5.17. The van der Waals surface area contributed by atoms with Gasteiger partial charge in [-0.05, 0) is 80.1 Å². The Morgan fingerprint density at radius 3 is 2.59 bits per heavy atom. The van der Waals surface area contributed by atoms with Crippen LogP contribution in [0.15, 0.2) is 97.2 Å². The first-order valence-electron chi connectivity index (χ1n) is 12.9. The van der Waals surface area contributed by atoms with E-state index in [2.05, 4.69) is 9.88 Å². The molecule has 5 aromatic rings. The van der Waals surface area contributed by atoms with E-state index in [-0.39, 0.29) is 11.8 Å². The molecule has 0 fully saturated rings. The minimum absolute atomic E-state index is 0.305. The highest BCUT2D eigenvalue weighted by Gasteiger charge is 2.36. The molecule has 39 heavy (non-hydrogen) atoms. The molecular weight excluding hydrogens is 493 g/mol. The minimum atomic E-state index is -0.433. The number of aryl methyl sites for hydroxylation is 1. The fraction of sp³-hybridized carbons (Fsp3) is 0.161. The highest BCUT2D eigenvalue weighted by molar-refractivity contribution is 5.90. The Bertz CT molecular complexity index is 1620. The number of amides is 2. The first-order chi connectivity index (χ1) is 19.0. The molecule has 0 saturated carbocycles. The van der Waals surface area contributed by atoms with Crippen LogP contribution in [-0.2, 0) is 6.54 Å². The predicted molar refractivity (Wildman–Crippen MR) is 148 cm³/mol. The molecule has 8 heteroatoms. The van der Waals surface area contributed by atoms with Gasteiger partial charge in [0.15, 0.2) is 0 Å². The third-order valence-corrected chi connectivity index (χ3v) is 6.93. The van der Waals surface area contributed by atoms with E-state index in [1.54, 1.807) is 17.0 Å². The highest BCUT2D eigenvalue weighted by atomic mass is 19.1. The van der Waals surface area contributed by atoms with Crippen LogP contribution in [0.3, 0.4) is 0 Å². The zero-order valence-electron chi connectivity index (χ0n) is 21.7. The van der Waals surface area contributed by atoms with E-state index in [1.807, 2.05) is 91.5 Å². The lowest BCUT2D eigenvalue weighted by molar-refractivity contribution is 0.194. The molecule has 6 rings (SSSR count). The van der Waals surface area contributed by atoms with Crippen molar-refractivity contribution in [3.8, 4) is 17.3 Å². The molecule has 1 aliphatic rings. The van der Waals surface area contributed by atoms with Crippen LogP contribution < -0.4 is 10.1 Å². The van der Waals surface area contributed by atoms with Crippen molar-refractivity contribution in [2.24, 2.45) is 0 Å². The molecule has 196 valence electrons. The lowest BCUT2D eigenvalue weighted by atomic mass is 10.0. The predicted octanol–water partition coefficient (Wildman–Crippen LogP) is 6.65. The number of rotatable bonds is 5. The third kappa shape index (κ3) is 4.54. The van der Waals surface area contributed by atoms with Gasteiger partial charge in [-0.3, -0.25) is 0 Å². The van der Waals surface area contributed by atoms with E-state index in [0.29, 0.717) is 18.8 Å². The smallest absolute Gasteiger partial charge is 0.322 e. The van der Waals surface area contributed by atoms with Gasteiger partial charge in [-0.2, -0.15) is 5.10 Å². The Balaban J connectivity index is 1.53. The Morgan fingerprint density at radius 2 is 1.82 bits per heavy atom. The molecule has 0 bridgehead atoms. The molecule has 2 amide bonds. The van der Waals surface area contributed by atoms with Crippen LogP contribution in [0.5, 0.6) is 5.75 Å². The van der Waals surface area contributed by atoms with Gasteiger partial charge in [0.05, 0.1) is 36.3 Å². The molecule has 1 aliphatic heterocycles. The second kappa shape index (κ2) is 10.1. The average Bonchev–Trinajstić information content (AvgIpc) is 3.51. The Morgan fingerprint density at radius 1 is 1.03 bits per heavy atom. The maximum atomic E-state index is 14.0. The van der Waals surface area contributed by atoms with E-state index in [1.165, 1.54) is 12.1 Å². The van der Waals surface area contributed by atoms with Crippen molar-refractivity contribution in [3.63, 3.8) is 0 Å². The number of para-hydroxylation sites is 1. The molecule has 0 radical (unpaired) electrons. The maximum absolute atomic E-state index is 14.0. The molecular formula is C31H28FN5O2. The van der Waals surface area contributed by atoms with E-state index < -0.39 is 6.04 Å². The van der Waals surface area contributed by atoms with Gasteiger partial charge < -0.3 is 19.5 Å². The van der Waals surface area contributed by atoms with Gasteiger partial charge in [-0.1, -0.05) is 30.3 Å². The SMILES string of the molecule is CCOc1cccc([C@H]2c3cccn3-c3c(c(C)nn3-c3ccccc3)CN2C(=O)Nc2ccc(F)cc2)c1. The molecule has 0 aliphatic carbocycles. The summed E-state index contributed by atoms with van der Waals surface area (Å²) in [6, 6.07) is 26.9. The maximum Gasteiger partial charge on any atom is 0.322 e. The monoisotopic (exact) mass is 521 g/mol. The number of nitrogens with zero attached hydrogens (tertiary/aromatic N) is 4. The Labute approximate surface area is 226 Å². The van der Waals surface area contributed by atoms with Crippen LogP contribution in [0, 0.1) is 12.7 Å². The first kappa shape index (κ1) is 24.5. The minimum Gasteiger partial charge on any atom is -0.494 e. The number of anilines is 1. The summed E-state index contributed by atoms with van der Waals surface area (Å²) >= 11 is 0. The van der Waals surface area contributed by atoms with Gasteiger partial charge in [0, 0.05) is 17.4 Å². The molecule has 1 atom stereocenters. The molecule has 0 unspecified atom stereocenters. The topological polar surface area (TPSA) is 64.3 Å². The third-order valence-electron chi connectivity index (χ3n) is 6.93. The van der Waals surface area contributed by atoms with Gasteiger partial charge in [-0.25, -0.2) is 13.9 Å². The largest absolute Gasteiger partial charge is 0.494 e. The first-order valence-corrected chi connectivity index (χ1v) is 12.9. The summed E-state index contributed by atoms with van der Waals surface area (Å²) in [4.78, 5) is 15.8. The number of fused-ring (bicyclic) bond motifs is 3. The van der Waals surface area contributed by atoms with Crippen LogP contribution in [-0.4, -0.2) is 31.9 Å². The van der Waals surface area contributed by atoms with Crippen molar-refractivity contribution in [2.45, 2.75) is 26.4 Å². The zero-order chi connectivity index (χ0) is 26.9. The van der Waals surface area contributed by atoms with Crippen molar-refractivity contribution >= 4 is 11.7 Å². The number of halogens is 1. The summed E-state index contributed by atoms with van der Waals surface area (Å²) in [5, 5.41) is 7.85. The van der Waals surface area contributed by atoms with Crippen molar-refractivity contribution in [2.75, 3.05) is 11.9 Å². The van der Waals surface area contributed by atoms with Crippen LogP contribution in [0.4, 0.5) is 14.9 Å². The summed E-state index contributed by atoms with van der Waals surface area (Å²) in [6.45, 7) is 4.76. The number of urea groups is 1. The number of hydrogen-bond acceptors (Lipinski definition) is 3. The van der Waals surface area contributed by atoms with Crippen LogP contribution in [0.25, 0.3) is 11.5 Å². The van der Waals surface area contributed by atoms with E-state index in [4.69, 9.17) is 9.84 Å². The van der Waals surface area contributed by atoms with Gasteiger partial charge >= 0.3 is 6.03 Å². The summed E-state index contributed by atoms with van der Waals surface area (Å²) < 4.78 is 23.4. The lowest BCUT2D eigenvalue weighted by Gasteiger charge is -2.31. The van der Waals surface area contributed by atoms with Gasteiger partial charge in [-0.15, -0.1) is 0 Å². The molecule has 3 heterocycles. The molecule has 3 aromatic carbocycles. The lowest BCUT2D eigenvalue weighted by Crippen LogP contribution is -2.38. The van der Waals surface area contributed by atoms with Crippen molar-refractivity contribution in [1.29, 1.82) is 0 Å². The number of ether oxygens (including phenoxy) is 1. The normalized spacial score (nSPS) is 14.3. The van der Waals surface area contributed by atoms with Crippen molar-refractivity contribution < 1.29 is 13.9 Å². The van der Waals surface area contributed by atoms with Crippen molar-refractivity contribution in [1.82, 2.24) is 19.2 Å². The zero-order valence-corrected chi connectivity index (χ0v) is 21.7. The molecule has 0 saturated heterocycles.